The van der Waals surface area contributed by atoms with Crippen LogP contribution < -0.4 is 5.73 Å². The van der Waals surface area contributed by atoms with Gasteiger partial charge in [0.05, 0.1) is 0 Å². The lowest BCUT2D eigenvalue weighted by Gasteiger charge is -2.20. The van der Waals surface area contributed by atoms with Gasteiger partial charge in [0.15, 0.2) is 0 Å². The highest BCUT2D eigenvalue weighted by molar-refractivity contribution is 5.43. The molecule has 0 amide bonds. The first-order valence-electron chi connectivity index (χ1n) is 6.15. The largest absolute Gasteiger partial charge is 0.507 e. The highest BCUT2D eigenvalue weighted by Gasteiger charge is 2.23. The zero-order valence-electron chi connectivity index (χ0n) is 10.2. The summed E-state index contributed by atoms with van der Waals surface area (Å²) in [5.74, 6) is 1.03. The molecule has 2 heteroatoms. The van der Waals surface area contributed by atoms with E-state index in [1.54, 1.807) is 0 Å². The minimum atomic E-state index is 0.139. The van der Waals surface area contributed by atoms with E-state index in [1.807, 2.05) is 26.0 Å². The van der Waals surface area contributed by atoms with Gasteiger partial charge in [-0.3, -0.25) is 0 Å². The van der Waals surface area contributed by atoms with Gasteiger partial charge in [-0.05, 0) is 49.3 Å². The molecule has 88 valence electrons. The van der Waals surface area contributed by atoms with Crippen molar-refractivity contribution in [1.82, 2.24) is 0 Å². The lowest BCUT2D eigenvalue weighted by Crippen LogP contribution is -2.19. The molecule has 1 aromatic carbocycles. The molecule has 2 rings (SSSR count). The van der Waals surface area contributed by atoms with E-state index in [-0.39, 0.29) is 6.04 Å². The van der Waals surface area contributed by atoms with Crippen LogP contribution in [-0.2, 0) is 0 Å². The van der Waals surface area contributed by atoms with Gasteiger partial charge >= 0.3 is 0 Å². The highest BCUT2D eigenvalue weighted by Crippen LogP contribution is 2.36. The minimum Gasteiger partial charge on any atom is -0.507 e. The third kappa shape index (κ3) is 2.07. The van der Waals surface area contributed by atoms with E-state index in [0.717, 1.165) is 11.1 Å². The number of aromatic hydroxyl groups is 1. The maximum Gasteiger partial charge on any atom is 0.121 e. The lowest BCUT2D eigenvalue weighted by atomic mass is 9.90. The van der Waals surface area contributed by atoms with Gasteiger partial charge in [0, 0.05) is 6.04 Å². The Balaban J connectivity index is 2.26. The number of aryl methyl sites for hydroxylation is 2. The smallest absolute Gasteiger partial charge is 0.121 e. The van der Waals surface area contributed by atoms with Crippen LogP contribution in [0, 0.1) is 19.8 Å². The van der Waals surface area contributed by atoms with E-state index in [1.165, 1.54) is 31.2 Å². The maximum atomic E-state index is 9.74. The highest BCUT2D eigenvalue weighted by atomic mass is 16.3. The second-order valence-electron chi connectivity index (χ2n) is 5.07. The maximum absolute atomic E-state index is 9.74. The molecule has 1 saturated carbocycles. The van der Waals surface area contributed by atoms with Gasteiger partial charge in [-0.15, -0.1) is 0 Å². The summed E-state index contributed by atoms with van der Waals surface area (Å²) in [5.41, 5.74) is 9.35. The van der Waals surface area contributed by atoms with Crippen LogP contribution in [0.15, 0.2) is 12.1 Å². The van der Waals surface area contributed by atoms with Crippen LogP contribution in [0.5, 0.6) is 5.75 Å². The third-order valence-corrected chi connectivity index (χ3v) is 3.81. The summed E-state index contributed by atoms with van der Waals surface area (Å²) < 4.78 is 0. The Labute approximate surface area is 97.5 Å². The monoisotopic (exact) mass is 219 g/mol. The predicted octanol–water partition coefficient (Wildman–Crippen LogP) is 3.20. The second-order valence-corrected chi connectivity index (χ2v) is 5.07. The van der Waals surface area contributed by atoms with Crippen molar-refractivity contribution in [2.24, 2.45) is 11.7 Å². The summed E-state index contributed by atoms with van der Waals surface area (Å²) in [5, 5.41) is 9.74. The Morgan fingerprint density at radius 3 is 2.19 bits per heavy atom. The van der Waals surface area contributed by atoms with Crippen LogP contribution in [0.1, 0.15) is 48.4 Å². The summed E-state index contributed by atoms with van der Waals surface area (Å²) >= 11 is 0. The first kappa shape index (κ1) is 11.5. The van der Waals surface area contributed by atoms with Crippen molar-refractivity contribution < 1.29 is 5.11 Å². The quantitative estimate of drug-likeness (QED) is 0.802. The number of nitrogens with two attached hydrogens (primary N) is 1. The molecule has 1 fully saturated rings. The summed E-state index contributed by atoms with van der Waals surface area (Å²) in [6.45, 7) is 3.88. The van der Waals surface area contributed by atoms with Gasteiger partial charge in [-0.25, -0.2) is 0 Å². The Bertz CT molecular complexity index is 357. The van der Waals surface area contributed by atoms with Gasteiger partial charge in [-0.2, -0.15) is 0 Å². The van der Waals surface area contributed by atoms with Crippen LogP contribution in [0.2, 0.25) is 0 Å². The molecule has 1 aromatic rings. The number of benzene rings is 1. The molecule has 2 nitrogen and oxygen atoms in total. The molecule has 1 atom stereocenters. The molecular formula is C14H21NO. The van der Waals surface area contributed by atoms with Crippen LogP contribution >= 0.6 is 0 Å². The second kappa shape index (κ2) is 4.46. The van der Waals surface area contributed by atoms with Crippen LogP contribution in [0.25, 0.3) is 0 Å². The van der Waals surface area contributed by atoms with Gasteiger partial charge in [0.25, 0.3) is 0 Å². The SMILES string of the molecule is Cc1cc([C@H](N)C2CCCC2)cc(C)c1O. The molecule has 1 aliphatic carbocycles. The van der Waals surface area contributed by atoms with Gasteiger partial charge in [0.2, 0.25) is 0 Å². The minimum absolute atomic E-state index is 0.139. The third-order valence-electron chi connectivity index (χ3n) is 3.81. The zero-order chi connectivity index (χ0) is 11.7. The van der Waals surface area contributed by atoms with E-state index in [4.69, 9.17) is 5.73 Å². The predicted molar refractivity (Wildman–Crippen MR) is 66.5 cm³/mol. The summed E-state index contributed by atoms with van der Waals surface area (Å²) in [6, 6.07) is 4.21. The van der Waals surface area contributed by atoms with Crippen molar-refractivity contribution >= 4 is 0 Å². The number of hydrogen-bond donors (Lipinski definition) is 2. The fourth-order valence-electron chi connectivity index (χ4n) is 2.77. The molecule has 1 aliphatic rings. The Morgan fingerprint density at radius 2 is 1.69 bits per heavy atom. The fourth-order valence-corrected chi connectivity index (χ4v) is 2.77. The molecule has 0 radical (unpaired) electrons. The van der Waals surface area contributed by atoms with Crippen molar-refractivity contribution in [2.45, 2.75) is 45.6 Å². The first-order chi connectivity index (χ1) is 7.59. The van der Waals surface area contributed by atoms with Crippen LogP contribution in [-0.4, -0.2) is 5.11 Å². The fraction of sp³-hybridized carbons (Fsp3) is 0.571. The van der Waals surface area contributed by atoms with Crippen molar-refractivity contribution in [3.8, 4) is 5.75 Å². The Hall–Kier alpha value is -1.02. The van der Waals surface area contributed by atoms with Crippen LogP contribution in [0.4, 0.5) is 0 Å². The van der Waals surface area contributed by atoms with E-state index < -0.39 is 0 Å². The summed E-state index contributed by atoms with van der Waals surface area (Å²) in [7, 11) is 0. The summed E-state index contributed by atoms with van der Waals surface area (Å²) in [6.07, 6.45) is 5.13. The standard InChI is InChI=1S/C14H21NO/c1-9-7-12(8-10(2)14(9)16)13(15)11-5-3-4-6-11/h7-8,11,13,16H,3-6,15H2,1-2H3/t13-/m1/s1. The molecular weight excluding hydrogens is 198 g/mol. The zero-order valence-corrected chi connectivity index (χ0v) is 10.2. The normalized spacial score (nSPS) is 18.9. The molecule has 16 heavy (non-hydrogen) atoms. The van der Waals surface area contributed by atoms with Crippen molar-refractivity contribution in [3.63, 3.8) is 0 Å². The van der Waals surface area contributed by atoms with Gasteiger partial charge in [0.1, 0.15) is 5.75 Å². The van der Waals surface area contributed by atoms with Crippen molar-refractivity contribution in [1.29, 1.82) is 0 Å². The molecule has 3 N–H and O–H groups in total. The van der Waals surface area contributed by atoms with Gasteiger partial charge in [-0.1, -0.05) is 25.0 Å². The average molecular weight is 219 g/mol. The molecule has 0 spiro atoms. The molecule has 0 aliphatic heterocycles. The number of phenols is 1. The topological polar surface area (TPSA) is 46.2 Å². The number of hydrogen-bond acceptors (Lipinski definition) is 2. The Kier molecular flexibility index (Phi) is 3.20. The Morgan fingerprint density at radius 1 is 1.19 bits per heavy atom. The lowest BCUT2D eigenvalue weighted by molar-refractivity contribution is 0.441. The summed E-state index contributed by atoms with van der Waals surface area (Å²) in [4.78, 5) is 0. The van der Waals surface area contributed by atoms with Crippen molar-refractivity contribution in [2.75, 3.05) is 0 Å². The molecule has 0 heterocycles. The van der Waals surface area contributed by atoms with E-state index in [0.29, 0.717) is 11.7 Å². The van der Waals surface area contributed by atoms with E-state index in [9.17, 15) is 5.11 Å². The molecule has 0 aromatic heterocycles. The molecule has 0 unspecified atom stereocenters. The number of phenolic OH excluding ortho intramolecular Hbond substituents is 1. The van der Waals surface area contributed by atoms with Gasteiger partial charge < -0.3 is 10.8 Å². The van der Waals surface area contributed by atoms with Crippen LogP contribution in [0.3, 0.4) is 0 Å². The number of rotatable bonds is 2. The molecule has 0 saturated heterocycles. The average Bonchev–Trinajstić information content (AvgIpc) is 2.77. The molecule has 0 bridgehead atoms. The van der Waals surface area contributed by atoms with E-state index in [2.05, 4.69) is 0 Å². The van der Waals surface area contributed by atoms with Crippen molar-refractivity contribution in [3.05, 3.63) is 28.8 Å². The van der Waals surface area contributed by atoms with E-state index >= 15 is 0 Å². The first-order valence-corrected chi connectivity index (χ1v) is 6.15.